The molecule has 2 N–H and O–H groups in total. The van der Waals surface area contributed by atoms with Gasteiger partial charge in [0.05, 0.1) is 5.60 Å². The first-order chi connectivity index (χ1) is 7.00. The number of ether oxygens (including phenoxy) is 1. The lowest BCUT2D eigenvalue weighted by atomic mass is 9.75. The van der Waals surface area contributed by atoms with Gasteiger partial charge >= 0.3 is 6.03 Å². The largest absolute Gasteiger partial charge is 0.379 e. The highest BCUT2D eigenvalue weighted by molar-refractivity contribution is 6.07. The van der Waals surface area contributed by atoms with Crippen LogP contribution in [0.5, 0.6) is 0 Å². The fourth-order valence-electron chi connectivity index (χ4n) is 2.29. The molecule has 1 aliphatic carbocycles. The molecule has 2 aliphatic rings. The first kappa shape index (κ1) is 10.4. The predicted molar refractivity (Wildman–Crippen MR) is 53.3 cm³/mol. The number of rotatable bonds is 1. The van der Waals surface area contributed by atoms with Gasteiger partial charge < -0.3 is 10.1 Å². The molecule has 0 aromatic carbocycles. The van der Waals surface area contributed by atoms with Crippen LogP contribution in [-0.4, -0.2) is 30.2 Å². The van der Waals surface area contributed by atoms with Gasteiger partial charge in [-0.2, -0.15) is 0 Å². The van der Waals surface area contributed by atoms with Crippen molar-refractivity contribution in [1.29, 1.82) is 0 Å². The highest BCUT2D eigenvalue weighted by atomic mass is 16.5. The molecule has 0 aromatic heterocycles. The highest BCUT2D eigenvalue weighted by Crippen LogP contribution is 2.37. The second-order valence-electron chi connectivity index (χ2n) is 4.64. The van der Waals surface area contributed by atoms with Gasteiger partial charge in [-0.1, -0.05) is 0 Å². The molecular formula is C10H16N2O3. The van der Waals surface area contributed by atoms with Crippen LogP contribution in [0.2, 0.25) is 0 Å². The van der Waals surface area contributed by atoms with E-state index in [1.807, 2.05) is 6.92 Å². The van der Waals surface area contributed by atoms with Gasteiger partial charge in [0.1, 0.15) is 5.54 Å². The number of hydrogen-bond donors (Lipinski definition) is 2. The number of carbonyl (C=O) groups excluding carboxylic acids is 2. The van der Waals surface area contributed by atoms with Crippen molar-refractivity contribution in [1.82, 2.24) is 10.6 Å². The Balaban J connectivity index is 2.10. The molecule has 2 fully saturated rings. The van der Waals surface area contributed by atoms with Crippen LogP contribution in [-0.2, 0) is 9.53 Å². The standard InChI is InChI=1S/C10H16N2O3/c1-9(15-2)3-5-10(6-4-9)7(13)11-8(14)12-10/h3-6H2,1-2H3,(H2,11,12,13,14). The Labute approximate surface area is 88.5 Å². The van der Waals surface area contributed by atoms with Gasteiger partial charge in [0.15, 0.2) is 0 Å². The van der Waals surface area contributed by atoms with Gasteiger partial charge in [0, 0.05) is 7.11 Å². The van der Waals surface area contributed by atoms with Crippen molar-refractivity contribution in [3.8, 4) is 0 Å². The third-order valence-corrected chi connectivity index (χ3v) is 3.67. The van der Waals surface area contributed by atoms with E-state index >= 15 is 0 Å². The van der Waals surface area contributed by atoms with Gasteiger partial charge in [-0.15, -0.1) is 0 Å². The van der Waals surface area contributed by atoms with Gasteiger partial charge in [-0.3, -0.25) is 10.1 Å². The number of methoxy groups -OCH3 is 1. The highest BCUT2D eigenvalue weighted by Gasteiger charge is 2.50. The SMILES string of the molecule is COC1(C)CCC2(CC1)NC(=O)NC2=O. The molecule has 84 valence electrons. The van der Waals surface area contributed by atoms with E-state index in [9.17, 15) is 9.59 Å². The van der Waals surface area contributed by atoms with Gasteiger partial charge in [0.2, 0.25) is 0 Å². The summed E-state index contributed by atoms with van der Waals surface area (Å²) in [5, 5.41) is 5.02. The number of amides is 3. The number of urea groups is 1. The van der Waals surface area contributed by atoms with Crippen molar-refractivity contribution >= 4 is 11.9 Å². The maximum atomic E-state index is 11.6. The Bertz CT molecular complexity index is 306. The molecule has 0 aromatic rings. The predicted octanol–water partition coefficient (Wildman–Crippen LogP) is 0.544. The monoisotopic (exact) mass is 212 g/mol. The van der Waals surface area contributed by atoms with Crippen molar-refractivity contribution in [2.45, 2.75) is 43.7 Å². The number of carbonyl (C=O) groups is 2. The van der Waals surface area contributed by atoms with E-state index < -0.39 is 5.54 Å². The molecule has 5 nitrogen and oxygen atoms in total. The van der Waals surface area contributed by atoms with E-state index in [2.05, 4.69) is 10.6 Å². The minimum Gasteiger partial charge on any atom is -0.379 e. The summed E-state index contributed by atoms with van der Waals surface area (Å²) in [4.78, 5) is 22.7. The number of imide groups is 1. The Kier molecular flexibility index (Phi) is 2.22. The molecule has 2 rings (SSSR count). The minimum atomic E-state index is -0.672. The number of nitrogens with one attached hydrogen (secondary N) is 2. The third kappa shape index (κ3) is 1.61. The fraction of sp³-hybridized carbons (Fsp3) is 0.800. The third-order valence-electron chi connectivity index (χ3n) is 3.67. The Hall–Kier alpha value is -1.10. The molecule has 0 bridgehead atoms. The lowest BCUT2D eigenvalue weighted by Crippen LogP contribution is -2.52. The van der Waals surface area contributed by atoms with Gasteiger partial charge in [-0.05, 0) is 32.6 Å². The summed E-state index contributed by atoms with van der Waals surface area (Å²) in [6.45, 7) is 2.04. The molecular weight excluding hydrogens is 196 g/mol. The Morgan fingerprint density at radius 3 is 2.20 bits per heavy atom. The van der Waals surface area contributed by atoms with E-state index in [0.717, 1.165) is 12.8 Å². The Morgan fingerprint density at radius 2 is 1.80 bits per heavy atom. The van der Waals surface area contributed by atoms with Crippen molar-refractivity contribution < 1.29 is 14.3 Å². The molecule has 15 heavy (non-hydrogen) atoms. The quantitative estimate of drug-likeness (QED) is 0.623. The maximum Gasteiger partial charge on any atom is 0.322 e. The van der Waals surface area contributed by atoms with Crippen molar-refractivity contribution in [2.24, 2.45) is 0 Å². The molecule has 5 heteroatoms. The molecule has 1 aliphatic heterocycles. The fourth-order valence-corrected chi connectivity index (χ4v) is 2.29. The summed E-state index contributed by atoms with van der Waals surface area (Å²) in [5.74, 6) is -0.189. The van der Waals surface area contributed by atoms with Crippen molar-refractivity contribution in [2.75, 3.05) is 7.11 Å². The maximum absolute atomic E-state index is 11.6. The van der Waals surface area contributed by atoms with Gasteiger partial charge in [-0.25, -0.2) is 4.79 Å². The first-order valence-corrected chi connectivity index (χ1v) is 5.18. The van der Waals surface area contributed by atoms with Crippen LogP contribution in [0.15, 0.2) is 0 Å². The Morgan fingerprint density at radius 1 is 1.20 bits per heavy atom. The van der Waals surface area contributed by atoms with Crippen molar-refractivity contribution in [3.05, 3.63) is 0 Å². The summed E-state index contributed by atoms with van der Waals surface area (Å²) < 4.78 is 5.40. The average molecular weight is 212 g/mol. The van der Waals surface area contributed by atoms with E-state index in [-0.39, 0.29) is 17.5 Å². The molecule has 0 atom stereocenters. The molecule has 1 heterocycles. The minimum absolute atomic E-state index is 0.154. The topological polar surface area (TPSA) is 67.4 Å². The smallest absolute Gasteiger partial charge is 0.322 e. The zero-order chi connectivity index (χ0) is 11.1. The molecule has 1 spiro atoms. The first-order valence-electron chi connectivity index (χ1n) is 5.18. The van der Waals surface area contributed by atoms with Crippen LogP contribution >= 0.6 is 0 Å². The number of hydrogen-bond acceptors (Lipinski definition) is 3. The van der Waals surface area contributed by atoms with Crippen LogP contribution in [0.25, 0.3) is 0 Å². The zero-order valence-electron chi connectivity index (χ0n) is 9.05. The summed E-state index contributed by atoms with van der Waals surface area (Å²) in [7, 11) is 1.69. The molecule has 0 unspecified atom stereocenters. The second kappa shape index (κ2) is 3.20. The van der Waals surface area contributed by atoms with Crippen molar-refractivity contribution in [3.63, 3.8) is 0 Å². The van der Waals surface area contributed by atoms with Crippen LogP contribution in [0.3, 0.4) is 0 Å². The molecule has 1 saturated heterocycles. The molecule has 1 saturated carbocycles. The summed E-state index contributed by atoms with van der Waals surface area (Å²) in [6.07, 6.45) is 2.87. The molecule has 0 radical (unpaired) electrons. The lowest BCUT2D eigenvalue weighted by molar-refractivity contribution is -0.127. The van der Waals surface area contributed by atoms with Crippen LogP contribution in [0, 0.1) is 0 Å². The van der Waals surface area contributed by atoms with E-state index in [4.69, 9.17) is 4.74 Å². The second-order valence-corrected chi connectivity index (χ2v) is 4.64. The lowest BCUT2D eigenvalue weighted by Gasteiger charge is -2.40. The van der Waals surface area contributed by atoms with E-state index in [1.54, 1.807) is 7.11 Å². The van der Waals surface area contributed by atoms with Gasteiger partial charge in [0.25, 0.3) is 5.91 Å². The normalized spacial score (nSPS) is 40.4. The zero-order valence-corrected chi connectivity index (χ0v) is 9.05. The summed E-state index contributed by atoms with van der Waals surface area (Å²) in [6, 6.07) is -0.374. The van der Waals surface area contributed by atoms with Crippen LogP contribution in [0.1, 0.15) is 32.6 Å². The van der Waals surface area contributed by atoms with Crippen LogP contribution in [0.4, 0.5) is 4.79 Å². The summed E-state index contributed by atoms with van der Waals surface area (Å²) >= 11 is 0. The van der Waals surface area contributed by atoms with E-state index in [1.165, 1.54) is 0 Å². The van der Waals surface area contributed by atoms with E-state index in [0.29, 0.717) is 12.8 Å². The average Bonchev–Trinajstić information content (AvgIpc) is 2.48. The summed E-state index contributed by atoms with van der Waals surface area (Å²) in [5.41, 5.74) is -0.825. The van der Waals surface area contributed by atoms with Crippen LogP contribution < -0.4 is 10.6 Å². The molecule has 3 amide bonds.